The van der Waals surface area contributed by atoms with Gasteiger partial charge in [0.05, 0.1) is 0 Å². The smallest absolute Gasteiger partial charge is 0.274 e. The largest absolute Gasteiger partial charge is 0.481 e. The van der Waals surface area contributed by atoms with Crippen LogP contribution < -0.4 is 16.0 Å². The SMILES string of the molecule is CC(Oc1ccccc1CCO)C(=O)NN. The van der Waals surface area contributed by atoms with E-state index in [0.717, 1.165) is 5.56 Å². The third kappa shape index (κ3) is 3.22. The highest BCUT2D eigenvalue weighted by Crippen LogP contribution is 2.19. The fourth-order valence-electron chi connectivity index (χ4n) is 1.31. The molecule has 0 aliphatic carbocycles. The zero-order valence-electron chi connectivity index (χ0n) is 9.14. The number of ether oxygens (including phenoxy) is 1. The van der Waals surface area contributed by atoms with Gasteiger partial charge in [-0.1, -0.05) is 18.2 Å². The van der Waals surface area contributed by atoms with Gasteiger partial charge in [0.2, 0.25) is 0 Å². The van der Waals surface area contributed by atoms with E-state index in [2.05, 4.69) is 0 Å². The van der Waals surface area contributed by atoms with Crippen LogP contribution in [0, 0.1) is 0 Å². The summed E-state index contributed by atoms with van der Waals surface area (Å²) in [5, 5.41) is 8.88. The van der Waals surface area contributed by atoms with E-state index in [0.29, 0.717) is 12.2 Å². The van der Waals surface area contributed by atoms with E-state index in [-0.39, 0.29) is 12.5 Å². The molecule has 1 unspecified atom stereocenters. The first-order chi connectivity index (χ1) is 7.69. The van der Waals surface area contributed by atoms with Gasteiger partial charge in [-0.25, -0.2) is 5.84 Å². The van der Waals surface area contributed by atoms with Crippen molar-refractivity contribution in [2.45, 2.75) is 19.4 Å². The Kier molecular flexibility index (Phi) is 4.75. The third-order valence-corrected chi connectivity index (χ3v) is 2.17. The highest BCUT2D eigenvalue weighted by atomic mass is 16.5. The summed E-state index contributed by atoms with van der Waals surface area (Å²) in [4.78, 5) is 11.2. The van der Waals surface area contributed by atoms with E-state index >= 15 is 0 Å². The van der Waals surface area contributed by atoms with E-state index in [9.17, 15) is 4.79 Å². The van der Waals surface area contributed by atoms with Crippen molar-refractivity contribution in [1.82, 2.24) is 5.43 Å². The van der Waals surface area contributed by atoms with Crippen molar-refractivity contribution in [3.8, 4) is 5.75 Å². The quantitative estimate of drug-likeness (QED) is 0.373. The van der Waals surface area contributed by atoms with Gasteiger partial charge < -0.3 is 9.84 Å². The second-order valence-corrected chi connectivity index (χ2v) is 3.35. The van der Waals surface area contributed by atoms with Crippen molar-refractivity contribution in [3.63, 3.8) is 0 Å². The molecular formula is C11H16N2O3. The van der Waals surface area contributed by atoms with Crippen molar-refractivity contribution in [3.05, 3.63) is 29.8 Å². The molecule has 1 rings (SSSR count). The van der Waals surface area contributed by atoms with Gasteiger partial charge in [-0.3, -0.25) is 10.2 Å². The maximum absolute atomic E-state index is 11.2. The molecule has 0 aromatic heterocycles. The highest BCUT2D eigenvalue weighted by Gasteiger charge is 2.14. The van der Waals surface area contributed by atoms with Crippen LogP contribution in [0.25, 0.3) is 0 Å². The second-order valence-electron chi connectivity index (χ2n) is 3.35. The van der Waals surface area contributed by atoms with E-state index < -0.39 is 6.10 Å². The maximum Gasteiger partial charge on any atom is 0.274 e. The highest BCUT2D eigenvalue weighted by molar-refractivity contribution is 5.80. The summed E-state index contributed by atoms with van der Waals surface area (Å²) in [6, 6.07) is 7.26. The summed E-state index contributed by atoms with van der Waals surface area (Å²) in [6.07, 6.45) is -0.169. The number of nitrogens with two attached hydrogens (primary N) is 1. The summed E-state index contributed by atoms with van der Waals surface area (Å²) < 4.78 is 5.45. The third-order valence-electron chi connectivity index (χ3n) is 2.17. The lowest BCUT2D eigenvalue weighted by atomic mass is 10.1. The van der Waals surface area contributed by atoms with Crippen molar-refractivity contribution >= 4 is 5.91 Å². The predicted octanol–water partition coefficient (Wildman–Crippen LogP) is -0.0214. The molecule has 0 radical (unpaired) electrons. The number of hydrogen-bond acceptors (Lipinski definition) is 4. The minimum Gasteiger partial charge on any atom is -0.481 e. The lowest BCUT2D eigenvalue weighted by Gasteiger charge is -2.15. The van der Waals surface area contributed by atoms with Gasteiger partial charge in [-0.05, 0) is 25.0 Å². The van der Waals surface area contributed by atoms with Gasteiger partial charge in [0.15, 0.2) is 6.10 Å². The van der Waals surface area contributed by atoms with Gasteiger partial charge in [0.1, 0.15) is 5.75 Å². The fourth-order valence-corrected chi connectivity index (χ4v) is 1.31. The van der Waals surface area contributed by atoms with Crippen LogP contribution in [0.3, 0.4) is 0 Å². The van der Waals surface area contributed by atoms with Gasteiger partial charge in [0, 0.05) is 6.61 Å². The van der Waals surface area contributed by atoms with Crippen LogP contribution in [-0.4, -0.2) is 23.7 Å². The van der Waals surface area contributed by atoms with Crippen LogP contribution in [0.2, 0.25) is 0 Å². The molecule has 0 spiro atoms. The monoisotopic (exact) mass is 224 g/mol. The lowest BCUT2D eigenvalue weighted by Crippen LogP contribution is -2.40. The molecule has 1 amide bonds. The van der Waals surface area contributed by atoms with Gasteiger partial charge in [-0.2, -0.15) is 0 Å². The Bertz CT molecular complexity index is 355. The van der Waals surface area contributed by atoms with Gasteiger partial charge in [-0.15, -0.1) is 0 Å². The average molecular weight is 224 g/mol. The first-order valence-electron chi connectivity index (χ1n) is 5.05. The molecule has 1 atom stereocenters. The zero-order valence-corrected chi connectivity index (χ0v) is 9.14. The Labute approximate surface area is 94.2 Å². The maximum atomic E-state index is 11.2. The second kappa shape index (κ2) is 6.09. The Morgan fingerprint density at radius 2 is 2.25 bits per heavy atom. The molecule has 0 aliphatic heterocycles. The first-order valence-corrected chi connectivity index (χ1v) is 5.05. The molecule has 4 N–H and O–H groups in total. The summed E-state index contributed by atoms with van der Waals surface area (Å²) in [5.41, 5.74) is 2.89. The number of carbonyl (C=O) groups excluding carboxylic acids is 1. The van der Waals surface area contributed by atoms with Crippen LogP contribution >= 0.6 is 0 Å². The first kappa shape index (κ1) is 12.5. The van der Waals surface area contributed by atoms with Crippen molar-refractivity contribution < 1.29 is 14.6 Å². The minimum absolute atomic E-state index is 0.0395. The average Bonchev–Trinajstić information content (AvgIpc) is 2.31. The van der Waals surface area contributed by atoms with Crippen molar-refractivity contribution in [1.29, 1.82) is 0 Å². The normalized spacial score (nSPS) is 11.9. The molecule has 0 heterocycles. The number of hydrogen-bond donors (Lipinski definition) is 3. The Hall–Kier alpha value is -1.59. The zero-order chi connectivity index (χ0) is 12.0. The molecule has 88 valence electrons. The number of benzene rings is 1. The Morgan fingerprint density at radius 1 is 1.56 bits per heavy atom. The number of para-hydroxylation sites is 1. The van der Waals surface area contributed by atoms with Crippen molar-refractivity contribution in [2.75, 3.05) is 6.61 Å². The molecule has 0 saturated heterocycles. The van der Waals surface area contributed by atoms with Crippen LogP contribution in [0.1, 0.15) is 12.5 Å². The van der Waals surface area contributed by atoms with E-state index in [4.69, 9.17) is 15.7 Å². The number of hydrazine groups is 1. The summed E-state index contributed by atoms with van der Waals surface area (Å²) >= 11 is 0. The molecule has 0 aliphatic rings. The number of carbonyl (C=O) groups is 1. The standard InChI is InChI=1S/C11H16N2O3/c1-8(11(15)13-12)16-10-5-3-2-4-9(10)6-7-14/h2-5,8,14H,6-7,12H2,1H3,(H,13,15). The lowest BCUT2D eigenvalue weighted by molar-refractivity contribution is -0.127. The Balaban J connectivity index is 2.75. The van der Waals surface area contributed by atoms with E-state index in [1.165, 1.54) is 0 Å². The molecule has 0 fully saturated rings. The molecule has 5 nitrogen and oxygen atoms in total. The van der Waals surface area contributed by atoms with E-state index in [1.54, 1.807) is 13.0 Å². The molecule has 1 aromatic carbocycles. The van der Waals surface area contributed by atoms with Crippen LogP contribution in [0.5, 0.6) is 5.75 Å². The number of nitrogens with one attached hydrogen (secondary N) is 1. The van der Waals surface area contributed by atoms with Crippen LogP contribution in [0.15, 0.2) is 24.3 Å². The number of rotatable bonds is 5. The summed E-state index contributed by atoms with van der Waals surface area (Å²) in [5.74, 6) is 5.20. The predicted molar refractivity (Wildman–Crippen MR) is 59.7 cm³/mol. The Morgan fingerprint density at radius 3 is 2.88 bits per heavy atom. The number of aliphatic hydroxyl groups excluding tert-OH is 1. The van der Waals surface area contributed by atoms with Crippen molar-refractivity contribution in [2.24, 2.45) is 5.84 Å². The molecule has 1 aromatic rings. The molecular weight excluding hydrogens is 208 g/mol. The van der Waals surface area contributed by atoms with Crippen LogP contribution in [0.4, 0.5) is 0 Å². The molecule has 0 bridgehead atoms. The minimum atomic E-state index is -0.662. The molecule has 0 saturated carbocycles. The topological polar surface area (TPSA) is 84.6 Å². The number of amides is 1. The molecule has 5 heteroatoms. The molecule has 16 heavy (non-hydrogen) atoms. The van der Waals surface area contributed by atoms with Gasteiger partial charge in [0.25, 0.3) is 5.91 Å². The fraction of sp³-hybridized carbons (Fsp3) is 0.364. The van der Waals surface area contributed by atoms with E-state index in [1.807, 2.05) is 23.6 Å². The summed E-state index contributed by atoms with van der Waals surface area (Å²) in [6.45, 7) is 1.65. The van der Waals surface area contributed by atoms with Crippen LogP contribution in [-0.2, 0) is 11.2 Å². The number of aliphatic hydroxyl groups is 1. The summed E-state index contributed by atoms with van der Waals surface area (Å²) in [7, 11) is 0. The van der Waals surface area contributed by atoms with Gasteiger partial charge >= 0.3 is 0 Å².